The van der Waals surface area contributed by atoms with Crippen LogP contribution in [0, 0.1) is 5.92 Å². The maximum absolute atomic E-state index is 12.0. The van der Waals surface area contributed by atoms with Gasteiger partial charge in [0, 0.05) is 24.3 Å². The SMILES string of the molecule is CC(C)S(=O)(=O)N[C@H]1CC[C@H](CNc2cccc(OC3CCCC3)c2)CC1. The van der Waals surface area contributed by atoms with Crippen molar-refractivity contribution in [3.8, 4) is 5.75 Å². The highest BCUT2D eigenvalue weighted by Gasteiger charge is 2.26. The Labute approximate surface area is 164 Å². The van der Waals surface area contributed by atoms with Crippen molar-refractivity contribution in [3.63, 3.8) is 0 Å². The molecule has 152 valence electrons. The number of anilines is 1. The summed E-state index contributed by atoms with van der Waals surface area (Å²) >= 11 is 0. The Hall–Kier alpha value is -1.27. The first kappa shape index (κ1) is 20.5. The average Bonchev–Trinajstić information content (AvgIpc) is 3.14. The maximum atomic E-state index is 12.0. The van der Waals surface area contributed by atoms with Gasteiger partial charge in [0.1, 0.15) is 5.75 Å². The second-order valence-electron chi connectivity index (χ2n) is 8.36. The highest BCUT2D eigenvalue weighted by atomic mass is 32.2. The van der Waals surface area contributed by atoms with Crippen LogP contribution in [0.2, 0.25) is 0 Å². The van der Waals surface area contributed by atoms with Crippen molar-refractivity contribution in [1.29, 1.82) is 0 Å². The molecule has 3 rings (SSSR count). The maximum Gasteiger partial charge on any atom is 0.214 e. The predicted molar refractivity (Wildman–Crippen MR) is 111 cm³/mol. The molecular formula is C21H34N2O3S. The van der Waals surface area contributed by atoms with E-state index in [2.05, 4.69) is 22.2 Å². The normalized spacial score (nSPS) is 24.3. The van der Waals surface area contributed by atoms with Gasteiger partial charge in [-0.2, -0.15) is 0 Å². The summed E-state index contributed by atoms with van der Waals surface area (Å²) in [5, 5.41) is 3.18. The molecule has 0 bridgehead atoms. The third kappa shape index (κ3) is 6.11. The van der Waals surface area contributed by atoms with E-state index in [0.29, 0.717) is 12.0 Å². The van der Waals surface area contributed by atoms with Gasteiger partial charge in [0.05, 0.1) is 11.4 Å². The van der Waals surface area contributed by atoms with Gasteiger partial charge >= 0.3 is 0 Å². The van der Waals surface area contributed by atoms with Gasteiger partial charge in [-0.25, -0.2) is 13.1 Å². The molecule has 0 spiro atoms. The van der Waals surface area contributed by atoms with E-state index in [1.165, 1.54) is 25.7 Å². The number of rotatable bonds is 8. The Morgan fingerprint density at radius 3 is 2.44 bits per heavy atom. The molecule has 0 aromatic heterocycles. The molecule has 0 heterocycles. The molecule has 0 aliphatic heterocycles. The van der Waals surface area contributed by atoms with Gasteiger partial charge in [0.15, 0.2) is 0 Å². The first-order valence-electron chi connectivity index (χ1n) is 10.4. The minimum Gasteiger partial charge on any atom is -0.490 e. The molecule has 0 radical (unpaired) electrons. The lowest BCUT2D eigenvalue weighted by molar-refractivity contribution is 0.210. The Bertz CT molecular complexity index is 691. The number of hydrogen-bond donors (Lipinski definition) is 2. The van der Waals surface area contributed by atoms with Gasteiger partial charge in [0.25, 0.3) is 0 Å². The summed E-state index contributed by atoms with van der Waals surface area (Å²) in [6.07, 6.45) is 9.21. The van der Waals surface area contributed by atoms with Crippen LogP contribution in [0.25, 0.3) is 0 Å². The molecule has 1 aromatic carbocycles. The Balaban J connectivity index is 1.42. The number of ether oxygens (including phenoxy) is 1. The third-order valence-electron chi connectivity index (χ3n) is 5.83. The number of nitrogens with one attached hydrogen (secondary N) is 2. The monoisotopic (exact) mass is 394 g/mol. The molecule has 0 amide bonds. The lowest BCUT2D eigenvalue weighted by atomic mass is 9.86. The molecule has 5 nitrogen and oxygen atoms in total. The van der Waals surface area contributed by atoms with E-state index in [4.69, 9.17) is 4.74 Å². The molecule has 2 N–H and O–H groups in total. The molecule has 6 heteroatoms. The van der Waals surface area contributed by atoms with Crippen LogP contribution in [-0.2, 0) is 10.0 Å². The van der Waals surface area contributed by atoms with Crippen LogP contribution in [0.5, 0.6) is 5.75 Å². The molecular weight excluding hydrogens is 360 g/mol. The summed E-state index contributed by atoms with van der Waals surface area (Å²) in [5.41, 5.74) is 1.10. The number of benzene rings is 1. The summed E-state index contributed by atoms with van der Waals surface area (Å²) in [5.74, 6) is 1.54. The summed E-state index contributed by atoms with van der Waals surface area (Å²) in [6, 6.07) is 8.36. The molecule has 2 fully saturated rings. The van der Waals surface area contributed by atoms with Gasteiger partial charge in [-0.15, -0.1) is 0 Å². The van der Waals surface area contributed by atoms with Crippen LogP contribution >= 0.6 is 0 Å². The zero-order chi connectivity index (χ0) is 19.3. The fourth-order valence-corrected chi connectivity index (χ4v) is 4.97. The molecule has 2 aliphatic rings. The highest BCUT2D eigenvalue weighted by molar-refractivity contribution is 7.90. The van der Waals surface area contributed by atoms with Crippen molar-refractivity contribution in [1.82, 2.24) is 4.72 Å². The fraction of sp³-hybridized carbons (Fsp3) is 0.714. The van der Waals surface area contributed by atoms with E-state index in [9.17, 15) is 8.42 Å². The minimum atomic E-state index is -3.16. The summed E-state index contributed by atoms with van der Waals surface area (Å²) in [7, 11) is -3.16. The van der Waals surface area contributed by atoms with Crippen molar-refractivity contribution in [2.45, 2.75) is 82.6 Å². The largest absolute Gasteiger partial charge is 0.490 e. The molecule has 2 aliphatic carbocycles. The van der Waals surface area contributed by atoms with Crippen LogP contribution in [-0.4, -0.2) is 32.4 Å². The first-order chi connectivity index (χ1) is 12.9. The quantitative estimate of drug-likeness (QED) is 0.689. The second kappa shape index (κ2) is 9.28. The van der Waals surface area contributed by atoms with Crippen molar-refractivity contribution in [3.05, 3.63) is 24.3 Å². The Morgan fingerprint density at radius 2 is 1.78 bits per heavy atom. The van der Waals surface area contributed by atoms with Gasteiger partial charge in [-0.05, 0) is 83.3 Å². The fourth-order valence-electron chi connectivity index (χ4n) is 3.99. The summed E-state index contributed by atoms with van der Waals surface area (Å²) < 4.78 is 33.0. The van der Waals surface area contributed by atoms with Crippen LogP contribution in [0.15, 0.2) is 24.3 Å². The summed E-state index contributed by atoms with van der Waals surface area (Å²) in [6.45, 7) is 4.38. The van der Waals surface area contributed by atoms with Crippen molar-refractivity contribution in [2.75, 3.05) is 11.9 Å². The van der Waals surface area contributed by atoms with E-state index in [0.717, 1.165) is 43.7 Å². The molecule has 27 heavy (non-hydrogen) atoms. The topological polar surface area (TPSA) is 67.4 Å². The Morgan fingerprint density at radius 1 is 1.07 bits per heavy atom. The second-order valence-corrected chi connectivity index (χ2v) is 10.6. The van der Waals surface area contributed by atoms with E-state index >= 15 is 0 Å². The van der Waals surface area contributed by atoms with Crippen LogP contribution in [0.4, 0.5) is 5.69 Å². The number of sulfonamides is 1. The smallest absolute Gasteiger partial charge is 0.214 e. The van der Waals surface area contributed by atoms with Gasteiger partial charge in [-0.3, -0.25) is 0 Å². The standard InChI is InChI=1S/C21H34N2O3S/c1-16(2)27(24,25)23-18-12-10-17(11-13-18)15-22-19-6-5-9-21(14-19)26-20-7-3-4-8-20/h5-6,9,14,16-18,20,22-23H,3-4,7-8,10-13,15H2,1-2H3/t17-,18-. The lowest BCUT2D eigenvalue weighted by Crippen LogP contribution is -2.41. The van der Waals surface area contributed by atoms with Crippen LogP contribution in [0.1, 0.15) is 65.2 Å². The predicted octanol–water partition coefficient (Wildman–Crippen LogP) is 4.31. The van der Waals surface area contributed by atoms with Gasteiger partial charge in [-0.1, -0.05) is 6.07 Å². The zero-order valence-electron chi connectivity index (χ0n) is 16.6. The molecule has 0 unspecified atom stereocenters. The summed E-state index contributed by atoms with van der Waals surface area (Å²) in [4.78, 5) is 0. The first-order valence-corrected chi connectivity index (χ1v) is 12.0. The highest BCUT2D eigenvalue weighted by Crippen LogP contribution is 2.28. The molecule has 2 saturated carbocycles. The minimum absolute atomic E-state index is 0.0942. The lowest BCUT2D eigenvalue weighted by Gasteiger charge is -2.29. The van der Waals surface area contributed by atoms with E-state index in [-0.39, 0.29) is 11.3 Å². The van der Waals surface area contributed by atoms with E-state index < -0.39 is 10.0 Å². The Kier molecular flexibility index (Phi) is 7.04. The van der Waals surface area contributed by atoms with Crippen molar-refractivity contribution < 1.29 is 13.2 Å². The number of hydrogen-bond acceptors (Lipinski definition) is 4. The van der Waals surface area contributed by atoms with E-state index in [1.54, 1.807) is 13.8 Å². The van der Waals surface area contributed by atoms with E-state index in [1.807, 2.05) is 12.1 Å². The molecule has 0 atom stereocenters. The van der Waals surface area contributed by atoms with Crippen molar-refractivity contribution in [2.24, 2.45) is 5.92 Å². The van der Waals surface area contributed by atoms with Crippen LogP contribution < -0.4 is 14.8 Å². The third-order valence-corrected chi connectivity index (χ3v) is 7.74. The molecule has 0 saturated heterocycles. The zero-order valence-corrected chi connectivity index (χ0v) is 17.4. The van der Waals surface area contributed by atoms with Crippen LogP contribution in [0.3, 0.4) is 0 Å². The average molecular weight is 395 g/mol. The van der Waals surface area contributed by atoms with Crippen molar-refractivity contribution >= 4 is 15.7 Å². The van der Waals surface area contributed by atoms with Gasteiger partial charge in [0.2, 0.25) is 10.0 Å². The molecule has 1 aromatic rings. The van der Waals surface area contributed by atoms with Gasteiger partial charge < -0.3 is 10.1 Å².